The van der Waals surface area contributed by atoms with Crippen LogP contribution in [0.5, 0.6) is 0 Å². The Bertz CT molecular complexity index is 1490. The Kier molecular flexibility index (Phi) is 7.09. The number of carbonyl (C=O) groups is 2. The number of nitrogens with zero attached hydrogens (tertiary/aromatic N) is 2. The Morgan fingerprint density at radius 1 is 0.921 bits per heavy atom. The first-order valence-electron chi connectivity index (χ1n) is 12.7. The number of rotatable bonds is 8. The van der Waals surface area contributed by atoms with Crippen molar-refractivity contribution in [1.29, 1.82) is 0 Å². The first-order valence-corrected chi connectivity index (χ1v) is 15.0. The fourth-order valence-corrected chi connectivity index (χ4v) is 10.2. The van der Waals surface area contributed by atoms with Crippen LogP contribution in [0.2, 0.25) is 5.04 Å². The minimum absolute atomic E-state index is 0.0899. The molecule has 0 radical (unpaired) electrons. The Morgan fingerprint density at radius 3 is 2.11 bits per heavy atom. The molecule has 0 atom stereocenters. The fourth-order valence-electron chi connectivity index (χ4n) is 5.39. The molecule has 1 N–H and O–H groups in total. The summed E-state index contributed by atoms with van der Waals surface area (Å²) in [5.41, 5.74) is 1.53. The van der Waals surface area contributed by atoms with Crippen LogP contribution in [0.25, 0.3) is 16.6 Å². The topological polar surface area (TPSA) is 73.2 Å². The number of imide groups is 1. The van der Waals surface area contributed by atoms with Crippen molar-refractivity contribution in [2.75, 3.05) is 6.61 Å². The van der Waals surface area contributed by atoms with Crippen molar-refractivity contribution in [3.8, 4) is 0 Å². The Labute approximate surface area is 228 Å². The summed E-state index contributed by atoms with van der Waals surface area (Å²) in [6, 6.07) is 24.8. The van der Waals surface area contributed by atoms with Gasteiger partial charge in [0.2, 0.25) is 0 Å². The van der Waals surface area contributed by atoms with Crippen LogP contribution in [0, 0.1) is 0 Å². The van der Waals surface area contributed by atoms with Gasteiger partial charge in [0.05, 0.1) is 5.57 Å². The third-order valence-corrected chi connectivity index (χ3v) is 12.5. The maximum atomic E-state index is 12.5. The number of hydrogen-bond acceptors (Lipinski definition) is 4. The fraction of sp³-hybridized carbons (Fsp3) is 0.233. The molecule has 6 nitrogen and oxygen atoms in total. The van der Waals surface area contributed by atoms with Gasteiger partial charge in [-0.15, -0.1) is 0 Å². The van der Waals surface area contributed by atoms with E-state index in [4.69, 9.17) is 16.0 Å². The van der Waals surface area contributed by atoms with E-state index in [1.54, 1.807) is 6.20 Å². The Balaban J connectivity index is 1.44. The summed E-state index contributed by atoms with van der Waals surface area (Å²) in [5.74, 6) is -1.06. The molecule has 1 aliphatic heterocycles. The number of pyridine rings is 1. The summed E-state index contributed by atoms with van der Waals surface area (Å²) in [6.07, 6.45) is 4.32. The van der Waals surface area contributed by atoms with Gasteiger partial charge < -0.3 is 8.99 Å². The number of nitrogens with one attached hydrogen (secondary N) is 1. The molecule has 0 spiro atoms. The molecule has 0 saturated carbocycles. The highest BCUT2D eigenvalue weighted by atomic mass is 35.5. The van der Waals surface area contributed by atoms with Crippen molar-refractivity contribution in [3.05, 3.63) is 95.8 Å². The van der Waals surface area contributed by atoms with Gasteiger partial charge in [0.1, 0.15) is 10.7 Å². The average Bonchev–Trinajstić information content (AvgIpc) is 3.39. The van der Waals surface area contributed by atoms with E-state index >= 15 is 0 Å². The van der Waals surface area contributed by atoms with E-state index in [1.165, 1.54) is 10.4 Å². The highest BCUT2D eigenvalue weighted by Gasteiger charge is 2.50. The molecule has 8 heteroatoms. The van der Waals surface area contributed by atoms with Gasteiger partial charge in [0.15, 0.2) is 0 Å². The zero-order valence-corrected chi connectivity index (χ0v) is 23.5. The molecule has 1 aliphatic rings. The lowest BCUT2D eigenvalue weighted by Gasteiger charge is -2.43. The van der Waals surface area contributed by atoms with E-state index in [0.717, 1.165) is 17.5 Å². The molecular weight excluding hydrogens is 514 g/mol. The van der Waals surface area contributed by atoms with Gasteiger partial charge in [-0.1, -0.05) is 93.0 Å². The van der Waals surface area contributed by atoms with Gasteiger partial charge in [0, 0.05) is 36.5 Å². The van der Waals surface area contributed by atoms with Crippen LogP contribution < -0.4 is 15.7 Å². The predicted octanol–water partition coefficient (Wildman–Crippen LogP) is 4.61. The van der Waals surface area contributed by atoms with Crippen molar-refractivity contribution >= 4 is 58.7 Å². The van der Waals surface area contributed by atoms with Gasteiger partial charge in [-0.3, -0.25) is 14.9 Å². The van der Waals surface area contributed by atoms with Crippen LogP contribution in [0.4, 0.5) is 0 Å². The number of carbonyl (C=O) groups excluding carboxylic acids is 2. The molecule has 0 saturated heterocycles. The first kappa shape index (κ1) is 26.1. The number of amides is 2. The van der Waals surface area contributed by atoms with Gasteiger partial charge in [-0.05, 0) is 34.0 Å². The van der Waals surface area contributed by atoms with Crippen LogP contribution >= 0.6 is 11.6 Å². The molecule has 2 aromatic heterocycles. The molecule has 0 unspecified atom stereocenters. The lowest BCUT2D eigenvalue weighted by atomic mass is 10.1. The minimum Gasteiger partial charge on any atom is -0.407 e. The van der Waals surface area contributed by atoms with E-state index in [0.29, 0.717) is 18.7 Å². The second-order valence-electron chi connectivity index (χ2n) is 10.4. The van der Waals surface area contributed by atoms with Crippen molar-refractivity contribution < 1.29 is 14.0 Å². The summed E-state index contributed by atoms with van der Waals surface area (Å²) < 4.78 is 9.03. The lowest BCUT2D eigenvalue weighted by molar-refractivity contribution is -0.123. The molecule has 4 aromatic rings. The Hall–Kier alpha value is -3.52. The van der Waals surface area contributed by atoms with E-state index in [1.807, 2.05) is 35.0 Å². The van der Waals surface area contributed by atoms with E-state index in [2.05, 4.69) is 79.6 Å². The number of hydrogen-bond donors (Lipinski definition) is 1. The molecule has 0 bridgehead atoms. The highest BCUT2D eigenvalue weighted by molar-refractivity contribution is 6.99. The summed E-state index contributed by atoms with van der Waals surface area (Å²) in [6.45, 7) is 7.98. The van der Waals surface area contributed by atoms with Crippen molar-refractivity contribution in [3.63, 3.8) is 0 Å². The standard InChI is InChI=1S/C30H30ClN3O3Si/c1-30(2,3)38(21-12-6-4-7-13-21,22-14-8-5-9-15-22)37-19-11-18-34-20-24(23-16-10-17-32-27(23)34)25-26(31)29(36)33-28(25)35/h4-10,12-17,20H,11,18-19H2,1-3H3,(H,33,35,36). The van der Waals surface area contributed by atoms with E-state index in [-0.39, 0.29) is 15.6 Å². The van der Waals surface area contributed by atoms with Gasteiger partial charge in [-0.2, -0.15) is 0 Å². The van der Waals surface area contributed by atoms with Crippen LogP contribution in [0.15, 0.2) is 90.2 Å². The summed E-state index contributed by atoms with van der Waals surface area (Å²) in [4.78, 5) is 29.0. The summed E-state index contributed by atoms with van der Waals surface area (Å²) in [5, 5.41) is 5.35. The molecule has 0 aliphatic carbocycles. The van der Waals surface area contributed by atoms with Crippen LogP contribution in [-0.2, 0) is 20.6 Å². The smallest absolute Gasteiger partial charge is 0.270 e. The average molecular weight is 544 g/mol. The largest absolute Gasteiger partial charge is 0.407 e. The van der Waals surface area contributed by atoms with Crippen molar-refractivity contribution in [2.24, 2.45) is 0 Å². The van der Waals surface area contributed by atoms with E-state index < -0.39 is 20.1 Å². The van der Waals surface area contributed by atoms with Crippen LogP contribution in [0.3, 0.4) is 0 Å². The quantitative estimate of drug-likeness (QED) is 0.200. The molecule has 38 heavy (non-hydrogen) atoms. The number of aromatic nitrogens is 2. The molecule has 194 valence electrons. The summed E-state index contributed by atoms with van der Waals surface area (Å²) in [7, 11) is -2.62. The van der Waals surface area contributed by atoms with Crippen molar-refractivity contribution in [2.45, 2.75) is 38.8 Å². The maximum absolute atomic E-state index is 12.5. The second-order valence-corrected chi connectivity index (χ2v) is 15.1. The third-order valence-electron chi connectivity index (χ3n) is 7.05. The van der Waals surface area contributed by atoms with Gasteiger partial charge >= 0.3 is 0 Å². The number of aryl methyl sites for hydroxylation is 1. The number of benzene rings is 2. The predicted molar refractivity (Wildman–Crippen MR) is 154 cm³/mol. The van der Waals surface area contributed by atoms with Crippen LogP contribution in [-0.4, -0.2) is 36.3 Å². The van der Waals surface area contributed by atoms with Gasteiger partial charge in [0.25, 0.3) is 20.1 Å². The molecule has 2 aromatic carbocycles. The zero-order valence-electron chi connectivity index (χ0n) is 21.7. The first-order chi connectivity index (χ1) is 18.2. The third kappa shape index (κ3) is 4.51. The molecular formula is C30H30ClN3O3Si. The monoisotopic (exact) mass is 543 g/mol. The molecule has 0 fully saturated rings. The minimum atomic E-state index is -2.62. The normalized spacial score (nSPS) is 14.4. The maximum Gasteiger partial charge on any atom is 0.270 e. The van der Waals surface area contributed by atoms with Crippen molar-refractivity contribution in [1.82, 2.24) is 14.9 Å². The van der Waals surface area contributed by atoms with Crippen LogP contribution in [0.1, 0.15) is 32.8 Å². The SMILES string of the molecule is CC(C)(C)[Si](OCCCn1cc(C2=C(Cl)C(=O)NC2=O)c2cccnc21)(c1ccccc1)c1ccccc1. The zero-order chi connectivity index (χ0) is 26.9. The highest BCUT2D eigenvalue weighted by Crippen LogP contribution is 2.37. The molecule has 5 rings (SSSR count). The lowest BCUT2D eigenvalue weighted by Crippen LogP contribution is -2.66. The Morgan fingerprint density at radius 2 is 1.55 bits per heavy atom. The van der Waals surface area contributed by atoms with Gasteiger partial charge in [-0.25, -0.2) is 4.98 Å². The summed E-state index contributed by atoms with van der Waals surface area (Å²) >= 11 is 6.21. The molecule has 3 heterocycles. The second kappa shape index (κ2) is 10.3. The molecule has 2 amide bonds. The van der Waals surface area contributed by atoms with E-state index in [9.17, 15) is 9.59 Å². The number of halogens is 1. The number of fused-ring (bicyclic) bond motifs is 1.